The minimum atomic E-state index is -0.544. The highest BCUT2D eigenvalue weighted by Crippen LogP contribution is 2.30. The Bertz CT molecular complexity index is 352. The Labute approximate surface area is 100 Å². The van der Waals surface area contributed by atoms with Gasteiger partial charge in [-0.25, -0.2) is 9.69 Å². The molecule has 1 aliphatic carbocycles. The molecular formula is C12H17NO4. The fourth-order valence-corrected chi connectivity index (χ4v) is 2.34. The number of imide groups is 1. The van der Waals surface area contributed by atoms with Crippen molar-refractivity contribution in [3.63, 3.8) is 0 Å². The first kappa shape index (κ1) is 12.1. The zero-order chi connectivity index (χ0) is 12.4. The largest absolute Gasteiger partial charge is 0.447 e. The minimum absolute atomic E-state index is 0.0128. The van der Waals surface area contributed by atoms with Crippen molar-refractivity contribution in [1.82, 2.24) is 4.90 Å². The Morgan fingerprint density at radius 3 is 2.94 bits per heavy atom. The first-order valence-corrected chi connectivity index (χ1v) is 5.90. The average molecular weight is 239 g/mol. The van der Waals surface area contributed by atoms with Crippen molar-refractivity contribution in [2.24, 2.45) is 17.8 Å². The van der Waals surface area contributed by atoms with E-state index in [9.17, 15) is 9.59 Å². The molecule has 1 N–H and O–H groups in total. The van der Waals surface area contributed by atoms with Gasteiger partial charge in [-0.3, -0.25) is 4.79 Å². The zero-order valence-electron chi connectivity index (χ0n) is 9.83. The number of rotatable bonds is 2. The predicted molar refractivity (Wildman–Crippen MR) is 60.0 cm³/mol. The van der Waals surface area contributed by atoms with Crippen LogP contribution in [0.4, 0.5) is 4.79 Å². The van der Waals surface area contributed by atoms with Crippen LogP contribution < -0.4 is 0 Å². The monoisotopic (exact) mass is 239 g/mol. The van der Waals surface area contributed by atoms with E-state index in [0.29, 0.717) is 13.0 Å². The van der Waals surface area contributed by atoms with Gasteiger partial charge in [0.1, 0.15) is 6.61 Å². The molecule has 1 saturated heterocycles. The van der Waals surface area contributed by atoms with E-state index in [2.05, 4.69) is 0 Å². The van der Waals surface area contributed by atoms with E-state index >= 15 is 0 Å². The van der Waals surface area contributed by atoms with Gasteiger partial charge in [0.2, 0.25) is 5.91 Å². The zero-order valence-corrected chi connectivity index (χ0v) is 9.83. The molecule has 1 aliphatic heterocycles. The summed E-state index contributed by atoms with van der Waals surface area (Å²) in [6.45, 7) is 2.62. The molecule has 0 aromatic carbocycles. The number of carbonyl (C=O) groups excluding carboxylic acids is 2. The van der Waals surface area contributed by atoms with Gasteiger partial charge in [-0.05, 0) is 12.3 Å². The van der Waals surface area contributed by atoms with Crippen LogP contribution in [0, 0.1) is 17.8 Å². The standard InChI is InChI=1S/C12H17NO4/c1-8-2-3-9(7-14)6-10(8)11(15)13-4-5-17-12(13)16/h2-3,8-10,14H,4-7H2,1H3/t8-,9+,10-/m1/s1. The molecule has 2 amide bonds. The second kappa shape index (κ2) is 4.87. The number of allylic oxidation sites excluding steroid dienone is 1. The summed E-state index contributed by atoms with van der Waals surface area (Å²) < 4.78 is 4.76. The van der Waals surface area contributed by atoms with Gasteiger partial charge in [-0.2, -0.15) is 0 Å². The Hall–Kier alpha value is -1.36. The number of hydrogen-bond donors (Lipinski definition) is 1. The van der Waals surface area contributed by atoms with Crippen LogP contribution in [-0.4, -0.2) is 41.8 Å². The highest BCUT2D eigenvalue weighted by molar-refractivity contribution is 5.94. The van der Waals surface area contributed by atoms with E-state index in [1.807, 2.05) is 19.1 Å². The Balaban J connectivity index is 2.08. The number of ether oxygens (including phenoxy) is 1. The second-order valence-electron chi connectivity index (χ2n) is 4.63. The van der Waals surface area contributed by atoms with Crippen LogP contribution in [0.2, 0.25) is 0 Å². The molecule has 1 fully saturated rings. The number of carbonyl (C=O) groups is 2. The molecule has 94 valence electrons. The van der Waals surface area contributed by atoms with Gasteiger partial charge < -0.3 is 9.84 Å². The van der Waals surface area contributed by atoms with Gasteiger partial charge in [0.25, 0.3) is 0 Å². The van der Waals surface area contributed by atoms with Crippen LogP contribution in [0.5, 0.6) is 0 Å². The topological polar surface area (TPSA) is 66.8 Å². The van der Waals surface area contributed by atoms with E-state index in [1.165, 1.54) is 4.90 Å². The molecule has 1 heterocycles. The van der Waals surface area contributed by atoms with Gasteiger partial charge in [0.15, 0.2) is 0 Å². The van der Waals surface area contributed by atoms with Gasteiger partial charge in [-0.15, -0.1) is 0 Å². The van der Waals surface area contributed by atoms with Crippen LogP contribution >= 0.6 is 0 Å². The summed E-state index contributed by atoms with van der Waals surface area (Å²) in [5, 5.41) is 9.13. The van der Waals surface area contributed by atoms with Crippen LogP contribution in [0.25, 0.3) is 0 Å². The van der Waals surface area contributed by atoms with Crippen molar-refractivity contribution < 1.29 is 19.4 Å². The molecule has 0 saturated carbocycles. The molecule has 5 nitrogen and oxygen atoms in total. The maximum Gasteiger partial charge on any atom is 0.416 e. The Morgan fingerprint density at radius 2 is 2.35 bits per heavy atom. The summed E-state index contributed by atoms with van der Waals surface area (Å²) in [6, 6.07) is 0. The van der Waals surface area contributed by atoms with Gasteiger partial charge >= 0.3 is 6.09 Å². The van der Waals surface area contributed by atoms with Crippen molar-refractivity contribution >= 4 is 12.0 Å². The molecular weight excluding hydrogens is 222 g/mol. The number of hydrogen-bond acceptors (Lipinski definition) is 4. The molecule has 3 atom stereocenters. The third-order valence-corrected chi connectivity index (χ3v) is 3.46. The molecule has 5 heteroatoms. The third-order valence-electron chi connectivity index (χ3n) is 3.46. The van der Waals surface area contributed by atoms with E-state index in [-0.39, 0.29) is 36.9 Å². The maximum atomic E-state index is 12.2. The summed E-state index contributed by atoms with van der Waals surface area (Å²) in [5.41, 5.74) is 0. The summed E-state index contributed by atoms with van der Waals surface area (Å²) in [4.78, 5) is 24.7. The SMILES string of the molecule is C[C@@H]1C=C[C@H](CO)C[C@H]1C(=O)N1CCOC1=O. The molecule has 0 unspecified atom stereocenters. The predicted octanol–water partition coefficient (Wildman–Crippen LogP) is 0.786. The third kappa shape index (κ3) is 2.34. The summed E-state index contributed by atoms with van der Waals surface area (Å²) in [7, 11) is 0. The lowest BCUT2D eigenvalue weighted by molar-refractivity contribution is -0.133. The molecule has 17 heavy (non-hydrogen) atoms. The normalized spacial score (nSPS) is 32.7. The van der Waals surface area contributed by atoms with Gasteiger partial charge in [-0.1, -0.05) is 19.1 Å². The lowest BCUT2D eigenvalue weighted by atomic mass is 9.79. The quantitative estimate of drug-likeness (QED) is 0.723. The van der Waals surface area contributed by atoms with Crippen LogP contribution in [0.1, 0.15) is 13.3 Å². The first-order chi connectivity index (χ1) is 8.13. The Kier molecular flexibility index (Phi) is 3.47. The minimum Gasteiger partial charge on any atom is -0.447 e. The summed E-state index contributed by atoms with van der Waals surface area (Å²) >= 11 is 0. The van der Waals surface area contributed by atoms with Crippen molar-refractivity contribution in [3.05, 3.63) is 12.2 Å². The smallest absolute Gasteiger partial charge is 0.416 e. The van der Waals surface area contributed by atoms with Crippen molar-refractivity contribution in [2.45, 2.75) is 13.3 Å². The van der Waals surface area contributed by atoms with E-state index in [0.717, 1.165) is 0 Å². The highest BCUT2D eigenvalue weighted by atomic mass is 16.6. The molecule has 0 aromatic heterocycles. The number of cyclic esters (lactones) is 1. The number of aliphatic hydroxyl groups is 1. The van der Waals surface area contributed by atoms with E-state index < -0.39 is 6.09 Å². The molecule has 2 aliphatic rings. The van der Waals surface area contributed by atoms with Crippen LogP contribution in [0.15, 0.2) is 12.2 Å². The second-order valence-corrected chi connectivity index (χ2v) is 4.63. The lowest BCUT2D eigenvalue weighted by Crippen LogP contribution is -2.40. The maximum absolute atomic E-state index is 12.2. The fraction of sp³-hybridized carbons (Fsp3) is 0.667. The summed E-state index contributed by atoms with van der Waals surface area (Å²) in [5.74, 6) is -0.303. The molecule has 0 bridgehead atoms. The van der Waals surface area contributed by atoms with Crippen LogP contribution in [-0.2, 0) is 9.53 Å². The van der Waals surface area contributed by atoms with Gasteiger partial charge in [0, 0.05) is 18.4 Å². The number of aliphatic hydroxyl groups excluding tert-OH is 1. The Morgan fingerprint density at radius 1 is 1.59 bits per heavy atom. The highest BCUT2D eigenvalue weighted by Gasteiger charge is 2.37. The fourth-order valence-electron chi connectivity index (χ4n) is 2.34. The molecule has 2 rings (SSSR count). The van der Waals surface area contributed by atoms with E-state index in [4.69, 9.17) is 9.84 Å². The number of nitrogens with zero attached hydrogens (tertiary/aromatic N) is 1. The number of amides is 2. The summed E-state index contributed by atoms with van der Waals surface area (Å²) in [6.07, 6.45) is 3.93. The van der Waals surface area contributed by atoms with Crippen molar-refractivity contribution in [1.29, 1.82) is 0 Å². The van der Waals surface area contributed by atoms with Crippen molar-refractivity contribution in [2.75, 3.05) is 19.8 Å². The average Bonchev–Trinajstić information content (AvgIpc) is 2.75. The van der Waals surface area contributed by atoms with E-state index in [1.54, 1.807) is 0 Å². The first-order valence-electron chi connectivity index (χ1n) is 5.90. The van der Waals surface area contributed by atoms with Crippen molar-refractivity contribution in [3.8, 4) is 0 Å². The molecule has 0 aromatic rings. The molecule has 0 radical (unpaired) electrons. The van der Waals surface area contributed by atoms with Crippen LogP contribution in [0.3, 0.4) is 0 Å². The molecule has 0 spiro atoms. The van der Waals surface area contributed by atoms with Gasteiger partial charge in [0.05, 0.1) is 6.54 Å². The lowest BCUT2D eigenvalue weighted by Gasteiger charge is -2.29.